The molecule has 2 rings (SSSR count). The molecule has 0 aliphatic heterocycles. The van der Waals surface area contributed by atoms with Crippen LogP contribution in [0.4, 0.5) is 11.4 Å². The van der Waals surface area contributed by atoms with Crippen LogP contribution in [0.5, 0.6) is 5.75 Å². The number of rotatable bonds is 4. The van der Waals surface area contributed by atoms with E-state index in [2.05, 4.69) is 31.5 Å². The third kappa shape index (κ3) is 3.08. The standard InChI is InChI=1S/C14H14BrN3O2/c1-16-12-8-17-6-5-10(12)14(19)18-11-7-9(15)3-4-13(11)20-2/h3-8,16H,1-2H3,(H,18,19). The lowest BCUT2D eigenvalue weighted by molar-refractivity contribution is 0.102. The first-order chi connectivity index (χ1) is 9.65. The minimum Gasteiger partial charge on any atom is -0.495 e. The molecular weight excluding hydrogens is 322 g/mol. The molecule has 6 heteroatoms. The number of nitrogens with one attached hydrogen (secondary N) is 2. The van der Waals surface area contributed by atoms with Gasteiger partial charge in [0, 0.05) is 17.7 Å². The maximum absolute atomic E-state index is 12.3. The predicted molar refractivity (Wildman–Crippen MR) is 82.4 cm³/mol. The van der Waals surface area contributed by atoms with Crippen LogP contribution in [0, 0.1) is 0 Å². The molecule has 0 unspecified atom stereocenters. The zero-order chi connectivity index (χ0) is 14.5. The van der Waals surface area contributed by atoms with E-state index in [1.165, 1.54) is 0 Å². The van der Waals surface area contributed by atoms with Crippen molar-refractivity contribution < 1.29 is 9.53 Å². The van der Waals surface area contributed by atoms with Crippen LogP contribution in [-0.4, -0.2) is 25.0 Å². The third-order valence-electron chi connectivity index (χ3n) is 2.74. The Morgan fingerprint density at radius 3 is 2.80 bits per heavy atom. The van der Waals surface area contributed by atoms with E-state index in [-0.39, 0.29) is 5.91 Å². The van der Waals surface area contributed by atoms with Gasteiger partial charge in [-0.3, -0.25) is 9.78 Å². The molecule has 1 heterocycles. The summed E-state index contributed by atoms with van der Waals surface area (Å²) in [5.41, 5.74) is 1.79. The van der Waals surface area contributed by atoms with Crippen molar-refractivity contribution in [1.29, 1.82) is 0 Å². The summed E-state index contributed by atoms with van der Waals surface area (Å²) in [5.74, 6) is 0.370. The molecule has 2 N–H and O–H groups in total. The maximum atomic E-state index is 12.3. The second-order valence-electron chi connectivity index (χ2n) is 3.97. The van der Waals surface area contributed by atoms with Gasteiger partial charge in [0.05, 0.1) is 30.2 Å². The molecule has 104 valence electrons. The number of halogens is 1. The first kappa shape index (κ1) is 14.3. The molecule has 0 spiro atoms. The Balaban J connectivity index is 2.30. The Kier molecular flexibility index (Phi) is 4.57. The zero-order valence-corrected chi connectivity index (χ0v) is 12.7. The van der Waals surface area contributed by atoms with E-state index in [9.17, 15) is 4.79 Å². The fraction of sp³-hybridized carbons (Fsp3) is 0.143. The number of hydrogen-bond acceptors (Lipinski definition) is 4. The number of aromatic nitrogens is 1. The van der Waals surface area contributed by atoms with E-state index in [0.29, 0.717) is 22.7 Å². The highest BCUT2D eigenvalue weighted by Gasteiger charge is 2.13. The second kappa shape index (κ2) is 6.38. The minimum atomic E-state index is -0.229. The number of pyridine rings is 1. The van der Waals surface area contributed by atoms with Crippen LogP contribution in [0.3, 0.4) is 0 Å². The lowest BCUT2D eigenvalue weighted by atomic mass is 10.2. The average Bonchev–Trinajstić information content (AvgIpc) is 2.47. The quantitative estimate of drug-likeness (QED) is 0.900. The third-order valence-corrected chi connectivity index (χ3v) is 3.24. The monoisotopic (exact) mass is 335 g/mol. The first-order valence-corrected chi connectivity index (χ1v) is 6.71. The Bertz CT molecular complexity index is 632. The van der Waals surface area contributed by atoms with E-state index < -0.39 is 0 Å². The Hall–Kier alpha value is -2.08. The van der Waals surface area contributed by atoms with Gasteiger partial charge in [-0.1, -0.05) is 15.9 Å². The summed E-state index contributed by atoms with van der Waals surface area (Å²) in [6, 6.07) is 7.08. The van der Waals surface area contributed by atoms with E-state index >= 15 is 0 Å². The van der Waals surface area contributed by atoms with Gasteiger partial charge in [-0.2, -0.15) is 0 Å². The van der Waals surface area contributed by atoms with Gasteiger partial charge in [0.15, 0.2) is 0 Å². The number of anilines is 2. The van der Waals surface area contributed by atoms with Crippen LogP contribution in [0.2, 0.25) is 0 Å². The molecule has 0 saturated carbocycles. The minimum absolute atomic E-state index is 0.229. The van der Waals surface area contributed by atoms with Crippen LogP contribution >= 0.6 is 15.9 Å². The van der Waals surface area contributed by atoms with Gasteiger partial charge in [0.2, 0.25) is 0 Å². The summed E-state index contributed by atoms with van der Waals surface area (Å²) in [7, 11) is 3.30. The SMILES string of the molecule is CNc1cnccc1C(=O)Nc1cc(Br)ccc1OC. The molecule has 0 saturated heterocycles. The fourth-order valence-electron chi connectivity index (χ4n) is 1.76. The molecule has 2 aromatic rings. The zero-order valence-electron chi connectivity index (χ0n) is 11.1. The van der Waals surface area contributed by atoms with Crippen LogP contribution in [-0.2, 0) is 0 Å². The molecule has 0 aliphatic carbocycles. The summed E-state index contributed by atoms with van der Waals surface area (Å²) in [4.78, 5) is 16.3. The Labute approximate surface area is 125 Å². The molecule has 1 aromatic carbocycles. The van der Waals surface area contributed by atoms with E-state index in [0.717, 1.165) is 4.47 Å². The van der Waals surface area contributed by atoms with E-state index in [4.69, 9.17) is 4.74 Å². The summed E-state index contributed by atoms with van der Waals surface area (Å²) in [6.45, 7) is 0. The van der Waals surface area contributed by atoms with Gasteiger partial charge in [-0.05, 0) is 24.3 Å². The normalized spacial score (nSPS) is 9.95. The van der Waals surface area contributed by atoms with Crippen molar-refractivity contribution >= 4 is 33.2 Å². The van der Waals surface area contributed by atoms with Crippen LogP contribution in [0.1, 0.15) is 10.4 Å². The van der Waals surface area contributed by atoms with Gasteiger partial charge in [0.1, 0.15) is 5.75 Å². The first-order valence-electron chi connectivity index (χ1n) is 5.92. The molecule has 20 heavy (non-hydrogen) atoms. The summed E-state index contributed by atoms with van der Waals surface area (Å²) in [5, 5.41) is 5.77. The van der Waals surface area contributed by atoms with E-state index in [1.54, 1.807) is 44.8 Å². The van der Waals surface area contributed by atoms with Gasteiger partial charge in [0.25, 0.3) is 5.91 Å². The molecule has 0 fully saturated rings. The molecule has 1 amide bonds. The van der Waals surface area contributed by atoms with Crippen molar-refractivity contribution in [3.8, 4) is 5.75 Å². The topological polar surface area (TPSA) is 63.2 Å². The van der Waals surface area contributed by atoms with Gasteiger partial charge >= 0.3 is 0 Å². The van der Waals surface area contributed by atoms with Crippen molar-refractivity contribution in [2.45, 2.75) is 0 Å². The molecule has 0 atom stereocenters. The second-order valence-corrected chi connectivity index (χ2v) is 4.89. The molecule has 5 nitrogen and oxygen atoms in total. The number of nitrogens with zero attached hydrogens (tertiary/aromatic N) is 1. The highest BCUT2D eigenvalue weighted by Crippen LogP contribution is 2.28. The van der Waals surface area contributed by atoms with Crippen molar-refractivity contribution in [3.05, 3.63) is 46.7 Å². The number of methoxy groups -OCH3 is 1. The van der Waals surface area contributed by atoms with Crippen molar-refractivity contribution in [2.24, 2.45) is 0 Å². The van der Waals surface area contributed by atoms with Gasteiger partial charge in [-0.15, -0.1) is 0 Å². The summed E-state index contributed by atoms with van der Waals surface area (Å²) < 4.78 is 6.09. The van der Waals surface area contributed by atoms with Crippen molar-refractivity contribution in [2.75, 3.05) is 24.8 Å². The van der Waals surface area contributed by atoms with Crippen LogP contribution in [0.25, 0.3) is 0 Å². The predicted octanol–water partition coefficient (Wildman–Crippen LogP) is 3.15. The van der Waals surface area contributed by atoms with Crippen LogP contribution in [0.15, 0.2) is 41.1 Å². The highest BCUT2D eigenvalue weighted by molar-refractivity contribution is 9.10. The number of benzene rings is 1. The van der Waals surface area contributed by atoms with Gasteiger partial charge in [-0.25, -0.2) is 0 Å². The largest absolute Gasteiger partial charge is 0.495 e. The smallest absolute Gasteiger partial charge is 0.257 e. The highest BCUT2D eigenvalue weighted by atomic mass is 79.9. The molecule has 0 aliphatic rings. The van der Waals surface area contributed by atoms with Gasteiger partial charge < -0.3 is 15.4 Å². The lowest BCUT2D eigenvalue weighted by Gasteiger charge is -2.12. The van der Waals surface area contributed by atoms with E-state index in [1.807, 2.05) is 6.07 Å². The average molecular weight is 336 g/mol. The lowest BCUT2D eigenvalue weighted by Crippen LogP contribution is -2.14. The number of amides is 1. The number of ether oxygens (including phenoxy) is 1. The maximum Gasteiger partial charge on any atom is 0.257 e. The number of carbonyl (C=O) groups is 1. The Morgan fingerprint density at radius 2 is 2.10 bits per heavy atom. The molecular formula is C14H14BrN3O2. The Morgan fingerprint density at radius 1 is 1.30 bits per heavy atom. The number of hydrogen-bond donors (Lipinski definition) is 2. The van der Waals surface area contributed by atoms with Crippen LogP contribution < -0.4 is 15.4 Å². The van der Waals surface area contributed by atoms with Crippen molar-refractivity contribution in [1.82, 2.24) is 4.98 Å². The molecule has 0 bridgehead atoms. The van der Waals surface area contributed by atoms with Crippen molar-refractivity contribution in [3.63, 3.8) is 0 Å². The summed E-state index contributed by atoms with van der Waals surface area (Å²) in [6.07, 6.45) is 3.18. The fourth-order valence-corrected chi connectivity index (χ4v) is 2.12. The summed E-state index contributed by atoms with van der Waals surface area (Å²) >= 11 is 3.37. The number of carbonyl (C=O) groups excluding carboxylic acids is 1. The molecule has 1 aromatic heterocycles. The molecule has 0 radical (unpaired) electrons.